The van der Waals surface area contributed by atoms with Crippen molar-refractivity contribution in [2.75, 3.05) is 6.54 Å². The minimum atomic E-state index is -4.03. The molecule has 0 spiro atoms. The third-order valence-corrected chi connectivity index (χ3v) is 3.56. The molecule has 0 aromatic heterocycles. The van der Waals surface area contributed by atoms with E-state index < -0.39 is 12.6 Å². The third-order valence-electron chi connectivity index (χ3n) is 3.56. The van der Waals surface area contributed by atoms with E-state index in [1.165, 1.54) is 5.56 Å². The number of aryl methyl sites for hydroxylation is 1. The molecule has 0 bridgehead atoms. The topological polar surface area (TPSA) is 12.0 Å². The molecule has 1 unspecified atom stereocenters. The fourth-order valence-electron chi connectivity index (χ4n) is 2.44. The molecule has 1 rings (SSSR count). The molecule has 1 atom stereocenters. The van der Waals surface area contributed by atoms with Crippen LogP contribution in [-0.4, -0.2) is 18.8 Å². The van der Waals surface area contributed by atoms with Crippen molar-refractivity contribution in [1.82, 2.24) is 5.32 Å². The highest BCUT2D eigenvalue weighted by molar-refractivity contribution is 5.14. The fraction of sp³-hybridized carbons (Fsp3) is 0.647. The Labute approximate surface area is 125 Å². The molecule has 0 amide bonds. The number of rotatable bonds is 10. The highest BCUT2D eigenvalue weighted by Crippen LogP contribution is 2.23. The second kappa shape index (κ2) is 9.82. The van der Waals surface area contributed by atoms with Crippen molar-refractivity contribution in [3.63, 3.8) is 0 Å². The molecular weight excluding hydrogens is 275 g/mol. The summed E-state index contributed by atoms with van der Waals surface area (Å²) in [5, 5.41) is 3.37. The van der Waals surface area contributed by atoms with E-state index in [2.05, 4.69) is 24.4 Å². The van der Waals surface area contributed by atoms with E-state index in [1.54, 1.807) is 0 Å². The number of benzene rings is 1. The summed E-state index contributed by atoms with van der Waals surface area (Å²) in [6.07, 6.45) is 0.0723. The Morgan fingerprint density at radius 3 is 2.33 bits per heavy atom. The maximum Gasteiger partial charge on any atom is 0.389 e. The van der Waals surface area contributed by atoms with E-state index in [-0.39, 0.29) is 12.5 Å². The number of alkyl halides is 3. The molecule has 0 aliphatic heterocycles. The molecule has 0 heterocycles. The standard InChI is InChI=1S/C17H26F3N/c1-2-14-21-16(12-7-13-17(18,19)20)11-6-10-15-8-4-3-5-9-15/h3-5,8-9,16,21H,2,6-7,10-14H2,1H3. The van der Waals surface area contributed by atoms with Crippen LogP contribution in [0, 0.1) is 0 Å². The number of halogens is 3. The van der Waals surface area contributed by atoms with E-state index in [4.69, 9.17) is 0 Å². The van der Waals surface area contributed by atoms with Crippen molar-refractivity contribution < 1.29 is 13.2 Å². The van der Waals surface area contributed by atoms with Gasteiger partial charge in [-0.3, -0.25) is 0 Å². The molecule has 0 aliphatic rings. The first-order valence-corrected chi connectivity index (χ1v) is 7.85. The molecule has 4 heteroatoms. The first-order valence-electron chi connectivity index (χ1n) is 7.85. The van der Waals surface area contributed by atoms with Gasteiger partial charge in [0.15, 0.2) is 0 Å². The van der Waals surface area contributed by atoms with Crippen LogP contribution < -0.4 is 5.32 Å². The molecule has 1 aromatic carbocycles. The Kier molecular flexibility index (Phi) is 8.43. The van der Waals surface area contributed by atoms with Gasteiger partial charge < -0.3 is 5.32 Å². The molecule has 0 saturated heterocycles. The van der Waals surface area contributed by atoms with Gasteiger partial charge in [0.1, 0.15) is 0 Å². The third kappa shape index (κ3) is 9.51. The van der Waals surface area contributed by atoms with E-state index in [0.717, 1.165) is 32.2 Å². The lowest BCUT2D eigenvalue weighted by atomic mass is 10.0. The highest BCUT2D eigenvalue weighted by Gasteiger charge is 2.26. The Hall–Kier alpha value is -1.03. The molecule has 120 valence electrons. The average molecular weight is 301 g/mol. The summed E-state index contributed by atoms with van der Waals surface area (Å²) >= 11 is 0. The molecule has 1 nitrogen and oxygen atoms in total. The van der Waals surface area contributed by atoms with Gasteiger partial charge in [-0.2, -0.15) is 13.2 Å². The van der Waals surface area contributed by atoms with Gasteiger partial charge in [0.05, 0.1) is 0 Å². The summed E-state index contributed by atoms with van der Waals surface area (Å²) in [6, 6.07) is 10.4. The molecule has 1 aromatic rings. The zero-order valence-corrected chi connectivity index (χ0v) is 12.8. The van der Waals surface area contributed by atoms with Crippen molar-refractivity contribution in [3.8, 4) is 0 Å². The van der Waals surface area contributed by atoms with Crippen LogP contribution in [0.25, 0.3) is 0 Å². The van der Waals surface area contributed by atoms with Crippen LogP contribution in [0.2, 0.25) is 0 Å². The molecule has 0 aliphatic carbocycles. The normalized spacial score (nSPS) is 13.3. The van der Waals surface area contributed by atoms with Crippen molar-refractivity contribution >= 4 is 0 Å². The largest absolute Gasteiger partial charge is 0.389 e. The molecule has 1 N–H and O–H groups in total. The predicted molar refractivity (Wildman–Crippen MR) is 81.4 cm³/mol. The number of hydrogen-bond donors (Lipinski definition) is 1. The number of nitrogens with one attached hydrogen (secondary N) is 1. The molecule has 0 radical (unpaired) electrons. The summed E-state index contributed by atoms with van der Waals surface area (Å²) < 4.78 is 36.6. The van der Waals surface area contributed by atoms with Gasteiger partial charge in [0.2, 0.25) is 0 Å². The summed E-state index contributed by atoms with van der Waals surface area (Å²) in [6.45, 7) is 2.95. The summed E-state index contributed by atoms with van der Waals surface area (Å²) in [5.74, 6) is 0. The smallest absolute Gasteiger partial charge is 0.314 e. The van der Waals surface area contributed by atoms with Gasteiger partial charge in [-0.25, -0.2) is 0 Å². The van der Waals surface area contributed by atoms with Crippen LogP contribution in [0.4, 0.5) is 13.2 Å². The first kappa shape index (κ1) is 18.0. The van der Waals surface area contributed by atoms with E-state index in [0.29, 0.717) is 6.42 Å². The van der Waals surface area contributed by atoms with Gasteiger partial charge in [0.25, 0.3) is 0 Å². The van der Waals surface area contributed by atoms with Crippen LogP contribution in [0.3, 0.4) is 0 Å². The van der Waals surface area contributed by atoms with Crippen molar-refractivity contribution in [3.05, 3.63) is 35.9 Å². The Morgan fingerprint density at radius 2 is 1.71 bits per heavy atom. The summed E-state index contributed by atoms with van der Waals surface area (Å²) in [4.78, 5) is 0. The SMILES string of the molecule is CCCNC(CCCc1ccccc1)CCCC(F)(F)F. The Balaban J connectivity index is 2.28. The van der Waals surface area contributed by atoms with Crippen LogP contribution >= 0.6 is 0 Å². The lowest BCUT2D eigenvalue weighted by Crippen LogP contribution is -2.30. The maximum absolute atomic E-state index is 12.2. The van der Waals surface area contributed by atoms with Crippen molar-refractivity contribution in [2.45, 2.75) is 64.1 Å². The minimum Gasteiger partial charge on any atom is -0.314 e. The zero-order valence-electron chi connectivity index (χ0n) is 12.8. The second-order valence-electron chi connectivity index (χ2n) is 5.54. The van der Waals surface area contributed by atoms with E-state index in [9.17, 15) is 13.2 Å². The van der Waals surface area contributed by atoms with Crippen LogP contribution in [0.1, 0.15) is 51.0 Å². The van der Waals surface area contributed by atoms with Crippen LogP contribution in [0.5, 0.6) is 0 Å². The van der Waals surface area contributed by atoms with E-state index in [1.807, 2.05) is 18.2 Å². The summed E-state index contributed by atoms with van der Waals surface area (Å²) in [5.41, 5.74) is 1.29. The average Bonchev–Trinajstić information content (AvgIpc) is 2.44. The minimum absolute atomic E-state index is 0.205. The van der Waals surface area contributed by atoms with Crippen LogP contribution in [0.15, 0.2) is 30.3 Å². The lowest BCUT2D eigenvalue weighted by Gasteiger charge is -2.19. The predicted octanol–water partition coefficient (Wildman–Crippen LogP) is 5.11. The Morgan fingerprint density at radius 1 is 1.05 bits per heavy atom. The first-order chi connectivity index (χ1) is 10.0. The van der Waals surface area contributed by atoms with Crippen molar-refractivity contribution in [1.29, 1.82) is 0 Å². The van der Waals surface area contributed by atoms with E-state index >= 15 is 0 Å². The second-order valence-corrected chi connectivity index (χ2v) is 5.54. The lowest BCUT2D eigenvalue weighted by molar-refractivity contribution is -0.135. The maximum atomic E-state index is 12.2. The fourth-order valence-corrected chi connectivity index (χ4v) is 2.44. The molecule has 0 saturated carbocycles. The zero-order chi connectivity index (χ0) is 15.6. The number of hydrogen-bond acceptors (Lipinski definition) is 1. The van der Waals surface area contributed by atoms with Crippen LogP contribution in [-0.2, 0) is 6.42 Å². The van der Waals surface area contributed by atoms with Gasteiger partial charge in [-0.1, -0.05) is 37.3 Å². The highest BCUT2D eigenvalue weighted by atomic mass is 19.4. The Bertz CT molecular complexity index is 362. The molecule has 21 heavy (non-hydrogen) atoms. The summed E-state index contributed by atoms with van der Waals surface area (Å²) in [7, 11) is 0. The van der Waals surface area contributed by atoms with Crippen molar-refractivity contribution in [2.24, 2.45) is 0 Å². The molecular formula is C17H26F3N. The van der Waals surface area contributed by atoms with Gasteiger partial charge in [-0.15, -0.1) is 0 Å². The molecule has 0 fully saturated rings. The monoisotopic (exact) mass is 301 g/mol. The van der Waals surface area contributed by atoms with Gasteiger partial charge in [0, 0.05) is 12.5 Å². The quantitative estimate of drug-likeness (QED) is 0.633. The van der Waals surface area contributed by atoms with Gasteiger partial charge in [-0.05, 0) is 50.6 Å². The van der Waals surface area contributed by atoms with Gasteiger partial charge >= 0.3 is 6.18 Å².